The van der Waals surface area contributed by atoms with Gasteiger partial charge in [0.1, 0.15) is 5.82 Å². The lowest BCUT2D eigenvalue weighted by Gasteiger charge is -2.27. The maximum atomic E-state index is 3.73. The van der Waals surface area contributed by atoms with E-state index >= 15 is 0 Å². The number of allylic oxidation sites excluding steroid dienone is 4. The van der Waals surface area contributed by atoms with E-state index in [4.69, 9.17) is 0 Å². The fourth-order valence-electron chi connectivity index (χ4n) is 6.08. The van der Waals surface area contributed by atoms with Crippen molar-refractivity contribution < 1.29 is 0 Å². The van der Waals surface area contributed by atoms with Crippen LogP contribution in [0.25, 0.3) is 17.2 Å². The van der Waals surface area contributed by atoms with Gasteiger partial charge in [0.2, 0.25) is 0 Å². The van der Waals surface area contributed by atoms with Gasteiger partial charge in [-0.2, -0.15) is 0 Å². The lowest BCUT2D eigenvalue weighted by Crippen LogP contribution is -2.29. The molecule has 0 amide bonds. The summed E-state index contributed by atoms with van der Waals surface area (Å²) in [7, 11) is 4.47. The Balaban J connectivity index is 0.00000156. The van der Waals surface area contributed by atoms with Crippen molar-refractivity contribution in [3.8, 4) is 0 Å². The first-order chi connectivity index (χ1) is 18.0. The van der Waals surface area contributed by atoms with Crippen molar-refractivity contribution in [3.05, 3.63) is 69.9 Å². The van der Waals surface area contributed by atoms with Gasteiger partial charge < -0.3 is 20.1 Å². The molecule has 3 heterocycles. The number of aryl methyl sites for hydroxylation is 1. The number of anilines is 1. The first kappa shape index (κ1) is 27.5. The highest BCUT2D eigenvalue weighted by molar-refractivity contribution is 5.96. The van der Waals surface area contributed by atoms with E-state index in [0.29, 0.717) is 0 Å². The molecule has 37 heavy (non-hydrogen) atoms. The van der Waals surface area contributed by atoms with E-state index in [1.165, 1.54) is 76.2 Å². The smallest absolute Gasteiger partial charge is 0.113 e. The number of benzene rings is 1. The quantitative estimate of drug-likeness (QED) is 0.370. The van der Waals surface area contributed by atoms with Gasteiger partial charge in [-0.05, 0) is 111 Å². The molecule has 1 fully saturated rings. The summed E-state index contributed by atoms with van der Waals surface area (Å²) in [6, 6.07) is 7.77. The molecular weight excluding hydrogens is 452 g/mol. The number of H-pyrrole nitrogens is 1. The molecule has 5 rings (SSSR count). The average Bonchev–Trinajstić information content (AvgIpc) is 3.54. The van der Waals surface area contributed by atoms with Crippen molar-refractivity contribution in [3.63, 3.8) is 0 Å². The second kappa shape index (κ2) is 12.8. The van der Waals surface area contributed by atoms with Gasteiger partial charge >= 0.3 is 0 Å². The van der Waals surface area contributed by atoms with Crippen molar-refractivity contribution >= 4 is 23.0 Å². The van der Waals surface area contributed by atoms with Crippen LogP contribution in [0.2, 0.25) is 0 Å². The molecule has 1 atom stereocenters. The largest absolute Gasteiger partial charge is 0.356 e. The first-order valence-corrected chi connectivity index (χ1v) is 14.6. The molecule has 1 saturated heterocycles. The minimum Gasteiger partial charge on any atom is -0.356 e. The molecule has 200 valence electrons. The molecule has 3 aliphatic rings. The molecule has 0 spiro atoms. The van der Waals surface area contributed by atoms with Gasteiger partial charge in [0.15, 0.2) is 0 Å². The van der Waals surface area contributed by atoms with E-state index in [2.05, 4.69) is 90.7 Å². The summed E-state index contributed by atoms with van der Waals surface area (Å²) < 4.78 is 0. The monoisotopic (exact) mass is 500 g/mol. The Kier molecular flexibility index (Phi) is 9.50. The molecule has 0 radical (unpaired) electrons. The van der Waals surface area contributed by atoms with Crippen LogP contribution >= 0.6 is 0 Å². The summed E-state index contributed by atoms with van der Waals surface area (Å²) in [6.07, 6.45) is 16.8. The number of aromatic nitrogens is 1. The number of likely N-dealkylation sites (N-methyl/N-ethyl adjacent to an activating group) is 1. The summed E-state index contributed by atoms with van der Waals surface area (Å²) in [5.74, 6) is 1.23. The highest BCUT2D eigenvalue weighted by atomic mass is 15.2. The van der Waals surface area contributed by atoms with Crippen LogP contribution in [0, 0.1) is 6.92 Å². The Morgan fingerprint density at radius 1 is 1.11 bits per heavy atom. The summed E-state index contributed by atoms with van der Waals surface area (Å²) >= 11 is 0. The predicted molar refractivity (Wildman–Crippen MR) is 162 cm³/mol. The molecule has 2 aliphatic heterocycles. The Morgan fingerprint density at radius 3 is 2.68 bits per heavy atom. The van der Waals surface area contributed by atoms with Gasteiger partial charge in [-0.25, -0.2) is 0 Å². The summed E-state index contributed by atoms with van der Waals surface area (Å²) in [4.78, 5) is 8.45. The molecule has 1 aliphatic carbocycles. The van der Waals surface area contributed by atoms with Crippen LogP contribution in [0.3, 0.4) is 0 Å². The number of nitrogens with zero attached hydrogens (tertiary/aromatic N) is 2. The Hall–Kier alpha value is -2.56. The summed E-state index contributed by atoms with van der Waals surface area (Å²) in [5.41, 5.74) is 11.1. The maximum absolute atomic E-state index is 3.73. The second-order valence-electron chi connectivity index (χ2n) is 10.7. The molecule has 0 saturated carbocycles. The third-order valence-corrected chi connectivity index (χ3v) is 8.29. The number of nitrogens with one attached hydrogen (secondary N) is 2. The van der Waals surface area contributed by atoms with Crippen LogP contribution in [-0.4, -0.2) is 49.7 Å². The lowest BCUT2D eigenvalue weighted by molar-refractivity contribution is 0.293. The van der Waals surface area contributed by atoms with E-state index in [0.717, 1.165) is 44.9 Å². The predicted octanol–water partition coefficient (Wildman–Crippen LogP) is 7.43. The SMILES string of the molecule is CC.CCC1=CCCC=C1c1c[nH]c2c1C=C(c1ccc(C)c(CNCCC3CCCN3C)c1)CN2C. The Labute approximate surface area is 225 Å². The topological polar surface area (TPSA) is 34.3 Å². The molecule has 1 unspecified atom stereocenters. The van der Waals surface area contributed by atoms with E-state index in [9.17, 15) is 0 Å². The van der Waals surface area contributed by atoms with Crippen molar-refractivity contribution in [2.75, 3.05) is 38.6 Å². The van der Waals surface area contributed by atoms with E-state index in [1.54, 1.807) is 0 Å². The molecule has 4 nitrogen and oxygen atoms in total. The number of likely N-dealkylation sites (tertiary alicyclic amines) is 1. The molecule has 1 aromatic carbocycles. The first-order valence-electron chi connectivity index (χ1n) is 14.6. The molecule has 2 aromatic rings. The van der Waals surface area contributed by atoms with Crippen molar-refractivity contribution in [2.45, 2.75) is 78.8 Å². The van der Waals surface area contributed by atoms with E-state index in [1.807, 2.05) is 13.8 Å². The van der Waals surface area contributed by atoms with Crippen molar-refractivity contribution in [1.29, 1.82) is 0 Å². The third kappa shape index (κ3) is 6.13. The van der Waals surface area contributed by atoms with Crippen LogP contribution in [0.5, 0.6) is 0 Å². The lowest BCUT2D eigenvalue weighted by atomic mass is 9.88. The van der Waals surface area contributed by atoms with Gasteiger partial charge in [0.05, 0.1) is 0 Å². The normalized spacial score (nSPS) is 19.6. The van der Waals surface area contributed by atoms with E-state index in [-0.39, 0.29) is 0 Å². The van der Waals surface area contributed by atoms with Gasteiger partial charge in [0, 0.05) is 43.5 Å². The van der Waals surface area contributed by atoms with Crippen LogP contribution in [0.1, 0.15) is 87.1 Å². The number of hydrogen-bond acceptors (Lipinski definition) is 3. The molecular formula is C33H48N4. The maximum Gasteiger partial charge on any atom is 0.113 e. The third-order valence-electron chi connectivity index (χ3n) is 8.29. The molecule has 0 bridgehead atoms. The second-order valence-corrected chi connectivity index (χ2v) is 10.7. The standard InChI is InChI=1S/C31H42N4.C2H6/c1-5-23-9-6-7-11-28(23)30-20-33-31-29(30)18-26(21-35(31)4)24-13-12-22(2)25(17-24)19-32-15-14-27-10-8-16-34(27)3;1-2/h9,11-13,17-18,20,27,32-33H,5-8,10,14-16,19,21H2,1-4H3;1-2H3. The molecule has 4 heteroatoms. The number of rotatable bonds is 8. The average molecular weight is 501 g/mol. The van der Waals surface area contributed by atoms with Crippen LogP contribution in [0.15, 0.2) is 42.1 Å². The Morgan fingerprint density at radius 2 is 1.92 bits per heavy atom. The van der Waals surface area contributed by atoms with Gasteiger partial charge in [-0.3, -0.25) is 0 Å². The van der Waals surface area contributed by atoms with Gasteiger partial charge in [0.25, 0.3) is 0 Å². The zero-order valence-corrected chi connectivity index (χ0v) is 24.1. The van der Waals surface area contributed by atoms with Gasteiger partial charge in [-0.1, -0.05) is 45.1 Å². The van der Waals surface area contributed by atoms with E-state index < -0.39 is 0 Å². The Bertz CT molecular complexity index is 1150. The summed E-state index contributed by atoms with van der Waals surface area (Å²) in [6.45, 7) is 12.7. The highest BCUT2D eigenvalue weighted by Crippen LogP contribution is 2.40. The number of aromatic amines is 1. The fraction of sp³-hybridized carbons (Fsp3) is 0.515. The van der Waals surface area contributed by atoms with Crippen LogP contribution in [0.4, 0.5) is 5.82 Å². The fourth-order valence-corrected chi connectivity index (χ4v) is 6.08. The van der Waals surface area contributed by atoms with Crippen molar-refractivity contribution in [1.82, 2.24) is 15.2 Å². The minimum atomic E-state index is 0.755. The molecule has 1 aromatic heterocycles. The highest BCUT2D eigenvalue weighted by Gasteiger charge is 2.24. The molecule has 2 N–H and O–H groups in total. The van der Waals surface area contributed by atoms with Crippen LogP contribution in [-0.2, 0) is 6.54 Å². The minimum absolute atomic E-state index is 0.755. The van der Waals surface area contributed by atoms with Gasteiger partial charge in [-0.15, -0.1) is 0 Å². The summed E-state index contributed by atoms with van der Waals surface area (Å²) in [5, 5.41) is 3.73. The van der Waals surface area contributed by atoms with Crippen molar-refractivity contribution in [2.24, 2.45) is 0 Å². The number of fused-ring (bicyclic) bond motifs is 1. The number of hydrogen-bond donors (Lipinski definition) is 2. The van der Waals surface area contributed by atoms with Crippen LogP contribution < -0.4 is 10.2 Å². The zero-order chi connectivity index (χ0) is 26.4. The zero-order valence-electron chi connectivity index (χ0n) is 24.1.